The van der Waals surface area contributed by atoms with Gasteiger partial charge in [-0.25, -0.2) is 24.2 Å². The van der Waals surface area contributed by atoms with Crippen LogP contribution in [0.15, 0.2) is 16.8 Å². The van der Waals surface area contributed by atoms with Gasteiger partial charge in [0.2, 0.25) is 17.6 Å². The van der Waals surface area contributed by atoms with Crippen LogP contribution >= 0.6 is 0 Å². The van der Waals surface area contributed by atoms with E-state index in [0.29, 0.717) is 0 Å². The molecular formula is C30H45N5O12. The molecule has 4 N–H and O–H groups in total. The third kappa shape index (κ3) is 13.0. The fourth-order valence-corrected chi connectivity index (χ4v) is 4.29. The molecule has 17 nitrogen and oxygen atoms in total. The Balaban J connectivity index is 2.71. The average Bonchev–Trinajstić information content (AvgIpc) is 3.27. The molecule has 0 radical (unpaired) electrons. The van der Waals surface area contributed by atoms with Crippen LogP contribution in [0.3, 0.4) is 0 Å². The van der Waals surface area contributed by atoms with E-state index in [1.807, 2.05) is 0 Å². The number of rotatable bonds is 7. The first-order chi connectivity index (χ1) is 21.6. The summed E-state index contributed by atoms with van der Waals surface area (Å²) in [6.07, 6.45) is -0.219. The van der Waals surface area contributed by atoms with Crippen LogP contribution in [0.25, 0.3) is 0 Å². The predicted octanol–water partition coefficient (Wildman–Crippen LogP) is 1.60. The van der Waals surface area contributed by atoms with E-state index in [-0.39, 0.29) is 13.2 Å². The van der Waals surface area contributed by atoms with E-state index in [1.165, 1.54) is 13.0 Å². The minimum atomic E-state index is -1.39. The molecule has 47 heavy (non-hydrogen) atoms. The zero-order valence-corrected chi connectivity index (χ0v) is 28.3. The molecule has 4 amide bonds. The Morgan fingerprint density at radius 1 is 1.04 bits per heavy atom. The number of hydrogen-bond acceptors (Lipinski definition) is 13. The Morgan fingerprint density at radius 2 is 1.62 bits per heavy atom. The van der Waals surface area contributed by atoms with Crippen molar-refractivity contribution in [2.45, 2.75) is 110 Å². The first kappa shape index (κ1) is 38.6. The van der Waals surface area contributed by atoms with Crippen LogP contribution in [0.2, 0.25) is 0 Å². The summed E-state index contributed by atoms with van der Waals surface area (Å²) in [5.41, 5.74) is -1.85. The topological polar surface area (TPSA) is 210 Å². The summed E-state index contributed by atoms with van der Waals surface area (Å²) in [6.45, 7) is 14.0. The van der Waals surface area contributed by atoms with E-state index >= 15 is 0 Å². The number of esters is 1. The van der Waals surface area contributed by atoms with Crippen LogP contribution in [-0.2, 0) is 42.7 Å². The molecule has 2 aliphatic rings. The van der Waals surface area contributed by atoms with Gasteiger partial charge >= 0.3 is 24.2 Å². The Hall–Kier alpha value is -4.56. The number of aliphatic imine (C=N–C) groups is 1. The minimum Gasteiger partial charge on any atom is -0.477 e. The molecule has 2 aliphatic heterocycles. The summed E-state index contributed by atoms with van der Waals surface area (Å²) in [5, 5.41) is 9.78. The van der Waals surface area contributed by atoms with Crippen molar-refractivity contribution in [2.24, 2.45) is 4.99 Å². The van der Waals surface area contributed by atoms with Gasteiger partial charge in [0, 0.05) is 6.92 Å². The van der Waals surface area contributed by atoms with Gasteiger partial charge in [-0.3, -0.25) is 15.4 Å². The molecule has 0 aromatic heterocycles. The number of alkyl carbamates (subject to hydrolysis) is 3. The van der Waals surface area contributed by atoms with Crippen molar-refractivity contribution >= 4 is 36.1 Å². The molecule has 1 saturated heterocycles. The Morgan fingerprint density at radius 3 is 2.06 bits per heavy atom. The third-order valence-electron chi connectivity index (χ3n) is 5.88. The molecule has 0 aromatic carbocycles. The zero-order chi connectivity index (χ0) is 35.7. The van der Waals surface area contributed by atoms with Crippen molar-refractivity contribution in [3.8, 4) is 12.3 Å². The van der Waals surface area contributed by atoms with Gasteiger partial charge < -0.3 is 43.8 Å². The van der Waals surface area contributed by atoms with Crippen LogP contribution < -0.4 is 21.3 Å². The van der Waals surface area contributed by atoms with E-state index in [4.69, 9.17) is 39.6 Å². The second-order valence-electron chi connectivity index (χ2n) is 12.8. The van der Waals surface area contributed by atoms with Crippen molar-refractivity contribution in [1.29, 1.82) is 0 Å². The molecule has 0 aliphatic carbocycles. The summed E-state index contributed by atoms with van der Waals surface area (Å²) >= 11 is 0. The van der Waals surface area contributed by atoms with Crippen LogP contribution in [0, 0.1) is 12.3 Å². The fourth-order valence-electron chi connectivity index (χ4n) is 4.29. The van der Waals surface area contributed by atoms with Crippen LogP contribution in [0.1, 0.15) is 62.3 Å². The molecule has 5 atom stereocenters. The maximum absolute atomic E-state index is 12.8. The van der Waals surface area contributed by atoms with Crippen LogP contribution in [0.5, 0.6) is 0 Å². The average molecular weight is 668 g/mol. The zero-order valence-electron chi connectivity index (χ0n) is 28.3. The van der Waals surface area contributed by atoms with Crippen LogP contribution in [0.4, 0.5) is 14.4 Å². The molecule has 0 unspecified atom stereocenters. The summed E-state index contributed by atoms with van der Waals surface area (Å²) in [6, 6.07) is -2.52. The Kier molecular flexibility index (Phi) is 13.0. The number of methoxy groups -OCH3 is 1. The SMILES string of the molecule is C#CCNC(=O)O[C@@H]([C@@H]1OC(C(=O)OC)=C[C@H](N=C(NC(=O)OC(C)(C)C)NC(=O)OC(C)(C)C)[C@H]1NC(C)=O)[C@H]1COC(C)(C)O1. The Bertz CT molecular complexity index is 1260. The summed E-state index contributed by atoms with van der Waals surface area (Å²) in [5.74, 6) is -1.22. The number of amides is 4. The van der Waals surface area contributed by atoms with E-state index in [0.717, 1.165) is 7.11 Å². The van der Waals surface area contributed by atoms with Gasteiger partial charge in [-0.1, -0.05) is 5.92 Å². The van der Waals surface area contributed by atoms with Gasteiger partial charge in [-0.05, 0) is 61.5 Å². The highest BCUT2D eigenvalue weighted by atomic mass is 16.8. The molecule has 262 valence electrons. The summed E-state index contributed by atoms with van der Waals surface area (Å²) < 4.78 is 38.9. The molecule has 0 saturated carbocycles. The maximum atomic E-state index is 12.8. The Labute approximate surface area is 273 Å². The maximum Gasteiger partial charge on any atom is 0.414 e. The fraction of sp³-hybridized carbons (Fsp3) is 0.667. The van der Waals surface area contributed by atoms with Crippen molar-refractivity contribution in [2.75, 3.05) is 20.3 Å². The van der Waals surface area contributed by atoms with Crippen LogP contribution in [-0.4, -0.2) is 104 Å². The first-order valence-corrected chi connectivity index (χ1v) is 14.6. The number of nitrogens with one attached hydrogen (secondary N) is 4. The van der Waals surface area contributed by atoms with E-state index in [2.05, 4.69) is 32.2 Å². The number of nitrogens with zero attached hydrogens (tertiary/aromatic N) is 1. The first-order valence-electron chi connectivity index (χ1n) is 14.6. The molecule has 0 spiro atoms. The standard InChI is InChI=1S/C30H45N5O12/c1-12-13-31-25(38)44-21(19-15-42-30(9,10)45-19)22-20(32-16(2)36)17(14-18(43-22)23(37)41-11)33-24(34-26(39)46-28(3,4)5)35-27(40)47-29(6,7)8/h1,14,17,19-22H,13,15H2,2-11H3,(H,31,38)(H,32,36)(H2,33,34,35,39,40)/t17-,19+,20+,21+,22+/m0/s1. The monoisotopic (exact) mass is 667 g/mol. The molecular weight excluding hydrogens is 622 g/mol. The minimum absolute atomic E-state index is 0.0798. The number of carbonyl (C=O) groups excluding carboxylic acids is 5. The van der Waals surface area contributed by atoms with Crippen molar-refractivity contribution in [3.63, 3.8) is 0 Å². The number of carbonyl (C=O) groups is 5. The molecule has 2 heterocycles. The van der Waals surface area contributed by atoms with Gasteiger partial charge in [0.25, 0.3) is 0 Å². The smallest absolute Gasteiger partial charge is 0.414 e. The van der Waals surface area contributed by atoms with Gasteiger partial charge in [-0.15, -0.1) is 6.42 Å². The van der Waals surface area contributed by atoms with Gasteiger partial charge in [-0.2, -0.15) is 0 Å². The molecule has 17 heteroatoms. The third-order valence-corrected chi connectivity index (χ3v) is 5.88. The normalized spacial score (nSPS) is 22.4. The predicted molar refractivity (Wildman–Crippen MR) is 165 cm³/mol. The lowest BCUT2D eigenvalue weighted by atomic mass is 9.92. The van der Waals surface area contributed by atoms with Gasteiger partial charge in [0.15, 0.2) is 18.0 Å². The lowest BCUT2D eigenvalue weighted by molar-refractivity contribution is -0.169. The molecule has 0 aromatic rings. The van der Waals surface area contributed by atoms with Gasteiger partial charge in [0.1, 0.15) is 17.3 Å². The highest BCUT2D eigenvalue weighted by molar-refractivity contribution is 6.01. The van der Waals surface area contributed by atoms with Crippen molar-refractivity contribution in [3.05, 3.63) is 11.8 Å². The number of guanidine groups is 1. The van der Waals surface area contributed by atoms with Gasteiger partial charge in [0.05, 0.1) is 32.3 Å². The molecule has 0 bridgehead atoms. The highest BCUT2D eigenvalue weighted by Crippen LogP contribution is 2.32. The molecule has 2 rings (SSSR count). The highest BCUT2D eigenvalue weighted by Gasteiger charge is 2.50. The quantitative estimate of drug-likeness (QED) is 0.100. The van der Waals surface area contributed by atoms with Crippen molar-refractivity contribution in [1.82, 2.24) is 21.3 Å². The summed E-state index contributed by atoms with van der Waals surface area (Å²) in [4.78, 5) is 68.1. The summed E-state index contributed by atoms with van der Waals surface area (Å²) in [7, 11) is 1.11. The lowest BCUT2D eigenvalue weighted by Crippen LogP contribution is -2.61. The largest absolute Gasteiger partial charge is 0.477 e. The molecule has 1 fully saturated rings. The second kappa shape index (κ2) is 15.8. The second-order valence-corrected chi connectivity index (χ2v) is 12.8. The lowest BCUT2D eigenvalue weighted by Gasteiger charge is -2.40. The number of hydrogen-bond donors (Lipinski definition) is 4. The van der Waals surface area contributed by atoms with Crippen molar-refractivity contribution < 1.29 is 57.1 Å². The van der Waals surface area contributed by atoms with E-state index in [9.17, 15) is 24.0 Å². The van der Waals surface area contributed by atoms with E-state index < -0.39 is 89.3 Å². The number of ether oxygens (including phenoxy) is 7. The van der Waals surface area contributed by atoms with E-state index in [1.54, 1.807) is 55.4 Å². The number of terminal acetylenes is 1.